The van der Waals surface area contributed by atoms with E-state index in [2.05, 4.69) is 10.6 Å². The highest BCUT2D eigenvalue weighted by Crippen LogP contribution is 2.02. The van der Waals surface area contributed by atoms with Crippen molar-refractivity contribution in [2.75, 3.05) is 6.54 Å². The summed E-state index contributed by atoms with van der Waals surface area (Å²) >= 11 is 0. The first kappa shape index (κ1) is 17.7. The first-order chi connectivity index (χ1) is 10.5. The summed E-state index contributed by atoms with van der Waals surface area (Å²) in [5.74, 6) is -0.193. The van der Waals surface area contributed by atoms with Crippen LogP contribution in [-0.4, -0.2) is 30.9 Å². The molecule has 6 nitrogen and oxygen atoms in total. The van der Waals surface area contributed by atoms with Crippen molar-refractivity contribution in [1.82, 2.24) is 10.6 Å². The topological polar surface area (TPSA) is 84.5 Å². The number of alkyl carbamates (subject to hydrolysis) is 1. The molecule has 0 saturated carbocycles. The van der Waals surface area contributed by atoms with Gasteiger partial charge in [-0.25, -0.2) is 4.79 Å². The van der Waals surface area contributed by atoms with Crippen LogP contribution in [0, 0.1) is 5.92 Å². The molecule has 6 heteroatoms. The molecule has 0 saturated heterocycles. The summed E-state index contributed by atoms with van der Waals surface area (Å²) in [6.45, 7) is 3.77. The van der Waals surface area contributed by atoms with Crippen LogP contribution in [0.4, 0.5) is 4.79 Å². The van der Waals surface area contributed by atoms with E-state index in [0.29, 0.717) is 6.42 Å². The number of benzene rings is 1. The molecule has 0 aliphatic rings. The second kappa shape index (κ2) is 9.55. The van der Waals surface area contributed by atoms with Crippen molar-refractivity contribution >= 4 is 18.3 Å². The fourth-order valence-electron chi connectivity index (χ4n) is 1.78. The quantitative estimate of drug-likeness (QED) is 0.763. The van der Waals surface area contributed by atoms with Gasteiger partial charge in [0, 0.05) is 0 Å². The SMILES string of the molecule is CC(C)C[C@@H]([C]=O)NC(=O)CNC(=O)OCc1ccccc1. The van der Waals surface area contributed by atoms with Gasteiger partial charge >= 0.3 is 6.09 Å². The van der Waals surface area contributed by atoms with E-state index >= 15 is 0 Å². The summed E-state index contributed by atoms with van der Waals surface area (Å²) in [6, 6.07) is 8.55. The van der Waals surface area contributed by atoms with Crippen molar-refractivity contribution < 1.29 is 19.1 Å². The Kier molecular flexibility index (Phi) is 7.67. The van der Waals surface area contributed by atoms with Gasteiger partial charge in [0.1, 0.15) is 13.2 Å². The zero-order valence-corrected chi connectivity index (χ0v) is 12.8. The summed E-state index contributed by atoms with van der Waals surface area (Å²) in [5.41, 5.74) is 0.856. The van der Waals surface area contributed by atoms with Crippen LogP contribution in [0.25, 0.3) is 0 Å². The average molecular weight is 305 g/mol. The smallest absolute Gasteiger partial charge is 0.407 e. The normalized spacial score (nSPS) is 11.6. The van der Waals surface area contributed by atoms with Gasteiger partial charge in [0.25, 0.3) is 0 Å². The molecule has 1 rings (SSSR count). The van der Waals surface area contributed by atoms with Crippen LogP contribution in [0.15, 0.2) is 30.3 Å². The number of ether oxygens (including phenoxy) is 1. The molecular formula is C16H21N2O4. The van der Waals surface area contributed by atoms with Crippen molar-refractivity contribution in [3.63, 3.8) is 0 Å². The van der Waals surface area contributed by atoms with E-state index < -0.39 is 18.0 Å². The van der Waals surface area contributed by atoms with E-state index in [1.807, 2.05) is 44.2 Å². The van der Waals surface area contributed by atoms with E-state index in [1.54, 1.807) is 6.29 Å². The molecule has 0 spiro atoms. The number of carbonyl (C=O) groups excluding carboxylic acids is 3. The van der Waals surface area contributed by atoms with Gasteiger partial charge in [0.15, 0.2) is 0 Å². The van der Waals surface area contributed by atoms with Crippen LogP contribution in [0.1, 0.15) is 25.8 Å². The summed E-state index contributed by atoms with van der Waals surface area (Å²) in [4.78, 5) is 33.8. The van der Waals surface area contributed by atoms with Crippen molar-refractivity contribution in [1.29, 1.82) is 0 Å². The standard InChI is InChI=1S/C16H21N2O4/c1-12(2)8-14(10-19)18-15(20)9-17-16(21)22-11-13-6-4-3-5-7-13/h3-7,12,14H,8-9,11H2,1-2H3,(H,17,21)(H,18,20)/t14-/m0/s1. The zero-order valence-electron chi connectivity index (χ0n) is 12.8. The summed E-state index contributed by atoms with van der Waals surface area (Å²) in [5, 5.41) is 4.83. The first-order valence-electron chi connectivity index (χ1n) is 7.13. The van der Waals surface area contributed by atoms with Gasteiger partial charge in [-0.1, -0.05) is 44.2 Å². The molecule has 1 atom stereocenters. The molecule has 0 unspecified atom stereocenters. The molecule has 1 aromatic rings. The van der Waals surface area contributed by atoms with Crippen molar-refractivity contribution in [2.24, 2.45) is 5.92 Å². The Morgan fingerprint density at radius 3 is 2.50 bits per heavy atom. The lowest BCUT2D eigenvalue weighted by molar-refractivity contribution is -0.120. The predicted octanol–water partition coefficient (Wildman–Crippen LogP) is 1.55. The van der Waals surface area contributed by atoms with Gasteiger partial charge in [-0.3, -0.25) is 9.59 Å². The first-order valence-corrected chi connectivity index (χ1v) is 7.13. The monoisotopic (exact) mass is 305 g/mol. The second-order valence-electron chi connectivity index (χ2n) is 5.28. The molecule has 0 heterocycles. The predicted molar refractivity (Wildman–Crippen MR) is 81.7 cm³/mol. The Bertz CT molecular complexity index is 488. The molecule has 0 aliphatic carbocycles. The maximum Gasteiger partial charge on any atom is 0.407 e. The summed E-state index contributed by atoms with van der Waals surface area (Å²) in [7, 11) is 0. The van der Waals surface area contributed by atoms with Crippen LogP contribution in [0.5, 0.6) is 0 Å². The van der Waals surface area contributed by atoms with Crippen molar-refractivity contribution in [3.8, 4) is 0 Å². The molecule has 0 aliphatic heterocycles. The Hall–Kier alpha value is -2.37. The van der Waals surface area contributed by atoms with Crippen LogP contribution >= 0.6 is 0 Å². The van der Waals surface area contributed by atoms with Crippen LogP contribution in [-0.2, 0) is 20.9 Å². The molecule has 0 fully saturated rings. The Morgan fingerprint density at radius 1 is 1.23 bits per heavy atom. The number of nitrogens with one attached hydrogen (secondary N) is 2. The van der Waals surface area contributed by atoms with Gasteiger partial charge in [-0.15, -0.1) is 0 Å². The van der Waals surface area contributed by atoms with Crippen LogP contribution < -0.4 is 10.6 Å². The molecule has 1 aromatic carbocycles. The largest absolute Gasteiger partial charge is 0.445 e. The number of rotatable bonds is 8. The van der Waals surface area contributed by atoms with Gasteiger partial charge in [0.05, 0.1) is 6.04 Å². The van der Waals surface area contributed by atoms with Crippen molar-refractivity contribution in [2.45, 2.75) is 32.9 Å². The number of hydrogen-bond acceptors (Lipinski definition) is 4. The highest BCUT2D eigenvalue weighted by Gasteiger charge is 2.14. The fraction of sp³-hybridized carbons (Fsp3) is 0.438. The molecule has 2 N–H and O–H groups in total. The molecule has 0 bridgehead atoms. The van der Waals surface area contributed by atoms with E-state index in [0.717, 1.165) is 5.56 Å². The highest BCUT2D eigenvalue weighted by molar-refractivity contribution is 5.84. The number of hydrogen-bond donors (Lipinski definition) is 2. The minimum atomic E-state index is -0.686. The average Bonchev–Trinajstić information content (AvgIpc) is 2.50. The molecular weight excluding hydrogens is 284 g/mol. The van der Waals surface area contributed by atoms with E-state index in [9.17, 15) is 14.4 Å². The Morgan fingerprint density at radius 2 is 1.91 bits per heavy atom. The lowest BCUT2D eigenvalue weighted by Crippen LogP contribution is -2.43. The zero-order chi connectivity index (χ0) is 16.4. The van der Waals surface area contributed by atoms with E-state index in [-0.39, 0.29) is 19.1 Å². The van der Waals surface area contributed by atoms with E-state index in [1.165, 1.54) is 0 Å². The third kappa shape index (κ3) is 7.42. The molecule has 0 aromatic heterocycles. The maximum atomic E-state index is 11.6. The molecule has 119 valence electrons. The summed E-state index contributed by atoms with van der Waals surface area (Å²) < 4.78 is 4.97. The summed E-state index contributed by atoms with van der Waals surface area (Å²) in [6.07, 6.45) is 1.59. The maximum absolute atomic E-state index is 11.6. The fourth-order valence-corrected chi connectivity index (χ4v) is 1.78. The lowest BCUT2D eigenvalue weighted by atomic mass is 10.1. The minimum absolute atomic E-state index is 0.131. The van der Waals surface area contributed by atoms with Gasteiger partial charge in [-0.05, 0) is 17.9 Å². The second-order valence-corrected chi connectivity index (χ2v) is 5.28. The molecule has 2 amide bonds. The Labute approximate surface area is 130 Å². The van der Waals surface area contributed by atoms with Gasteiger partial charge in [-0.2, -0.15) is 0 Å². The molecule has 22 heavy (non-hydrogen) atoms. The van der Waals surface area contributed by atoms with Gasteiger partial charge < -0.3 is 15.4 Å². The molecule has 1 radical (unpaired) electrons. The third-order valence-corrected chi connectivity index (χ3v) is 2.79. The third-order valence-electron chi connectivity index (χ3n) is 2.79. The lowest BCUT2D eigenvalue weighted by Gasteiger charge is -2.14. The Balaban J connectivity index is 2.25. The van der Waals surface area contributed by atoms with Crippen molar-refractivity contribution in [3.05, 3.63) is 35.9 Å². The van der Waals surface area contributed by atoms with E-state index in [4.69, 9.17) is 4.74 Å². The van der Waals surface area contributed by atoms with Gasteiger partial charge in [0.2, 0.25) is 12.2 Å². The minimum Gasteiger partial charge on any atom is -0.445 e. The van der Waals surface area contributed by atoms with Crippen LogP contribution in [0.2, 0.25) is 0 Å². The van der Waals surface area contributed by atoms with Crippen LogP contribution in [0.3, 0.4) is 0 Å². The number of amides is 2. The number of carbonyl (C=O) groups is 2. The highest BCUT2D eigenvalue weighted by atomic mass is 16.5.